The van der Waals surface area contributed by atoms with Gasteiger partial charge in [-0.15, -0.1) is 0 Å². The summed E-state index contributed by atoms with van der Waals surface area (Å²) >= 11 is 0. The summed E-state index contributed by atoms with van der Waals surface area (Å²) in [6.07, 6.45) is 22.2. The Bertz CT molecular complexity index is 262. The van der Waals surface area contributed by atoms with Gasteiger partial charge in [-0.1, -0.05) is 84.0 Å². The van der Waals surface area contributed by atoms with Gasteiger partial charge in [-0.05, 0) is 21.4 Å². The number of rotatable bonds is 15. The zero-order chi connectivity index (χ0) is 19.7. The van der Waals surface area contributed by atoms with Crippen molar-refractivity contribution in [3.8, 4) is 0 Å². The van der Waals surface area contributed by atoms with Crippen LogP contribution in [0.25, 0.3) is 0 Å². The molecule has 0 aliphatic rings. The summed E-state index contributed by atoms with van der Waals surface area (Å²) in [6, 6.07) is 0. The molecule has 0 amide bonds. The van der Waals surface area contributed by atoms with Crippen LogP contribution in [0.1, 0.15) is 96.8 Å². The van der Waals surface area contributed by atoms with E-state index in [1.165, 1.54) is 96.1 Å². The normalized spacial score (nSPS) is 14.9. The Labute approximate surface area is 151 Å². The van der Waals surface area contributed by atoms with Gasteiger partial charge in [-0.25, -0.2) is 0 Å². The van der Waals surface area contributed by atoms with Gasteiger partial charge in [0.05, 0.1) is 6.16 Å². The molecule has 8 heteroatoms. The summed E-state index contributed by atoms with van der Waals surface area (Å²) < 4.78 is 59.2. The quantitative estimate of drug-likeness (QED) is 0.141. The zero-order valence-corrected chi connectivity index (χ0v) is 17.9. The maximum absolute atomic E-state index is 10.7. The van der Waals surface area contributed by atoms with Crippen molar-refractivity contribution in [3.63, 3.8) is 0 Å². The van der Waals surface area contributed by atoms with E-state index in [4.69, 9.17) is 0 Å². The molecule has 1 unspecified atom stereocenters. The number of hydrogen-bond donors (Lipinski definition) is 0. The van der Waals surface area contributed by atoms with Gasteiger partial charge in [0.15, 0.2) is 0 Å². The molecule has 0 saturated carbocycles. The van der Waals surface area contributed by atoms with Crippen LogP contribution in [-0.2, 0) is 0 Å². The molecule has 0 rings (SSSR count). The van der Waals surface area contributed by atoms with Gasteiger partial charge < -0.3 is 0 Å². The fourth-order valence-corrected chi connectivity index (χ4v) is 3.24. The Hall–Kier alpha value is 0.440. The fraction of sp³-hybridized carbons (Fsp3) is 1.00. The van der Waals surface area contributed by atoms with Gasteiger partial charge in [-0.3, -0.25) is 0 Å². The summed E-state index contributed by atoms with van der Waals surface area (Å²) in [5.74, 6) is 0. The minimum atomic E-state index is -10.7. The van der Waals surface area contributed by atoms with Crippen molar-refractivity contribution in [3.05, 3.63) is 0 Å². The molecule has 0 N–H and O–H groups in total. The van der Waals surface area contributed by atoms with Crippen LogP contribution >= 0.6 is 16.4 Å². The van der Waals surface area contributed by atoms with Crippen LogP contribution < -0.4 is 0 Å². The minimum absolute atomic E-state index is 0.761. The van der Waals surface area contributed by atoms with Crippen LogP contribution in [0.4, 0.5) is 25.2 Å². The van der Waals surface area contributed by atoms with E-state index in [1.807, 2.05) is 0 Å². The predicted octanol–water partition coefficient (Wildman–Crippen LogP) is 9.89. The first-order valence-corrected chi connectivity index (χ1v) is 13.7. The van der Waals surface area contributed by atoms with E-state index in [0.29, 0.717) is 0 Å². The van der Waals surface area contributed by atoms with Crippen LogP contribution in [-0.4, -0.2) is 12.8 Å². The van der Waals surface area contributed by atoms with E-state index in [0.717, 1.165) is 8.58 Å². The average molecular weight is 418 g/mol. The van der Waals surface area contributed by atoms with Crippen molar-refractivity contribution < 1.29 is 25.2 Å². The Morgan fingerprint density at radius 3 is 1.00 bits per heavy atom. The van der Waals surface area contributed by atoms with E-state index < -0.39 is 7.81 Å². The van der Waals surface area contributed by atoms with Crippen LogP contribution in [0, 0.1) is 0 Å². The Morgan fingerprint density at radius 1 is 0.520 bits per heavy atom. The Morgan fingerprint density at radius 2 is 0.760 bits per heavy atom. The molecule has 0 aromatic heterocycles. The Kier molecular flexibility index (Phi) is 15.0. The molecule has 1 atom stereocenters. The number of unbranched alkanes of at least 4 members (excludes halogenated alkanes) is 13. The molecule has 0 heterocycles. The van der Waals surface area contributed by atoms with Crippen molar-refractivity contribution in [2.45, 2.75) is 96.8 Å². The van der Waals surface area contributed by atoms with Crippen molar-refractivity contribution in [2.75, 3.05) is 12.8 Å². The van der Waals surface area contributed by atoms with Crippen LogP contribution in [0.5, 0.6) is 0 Å². The predicted molar refractivity (Wildman–Crippen MR) is 104 cm³/mol. The van der Waals surface area contributed by atoms with E-state index in [2.05, 4.69) is 13.6 Å². The molecule has 0 fully saturated rings. The zero-order valence-electron chi connectivity index (χ0n) is 15.9. The second-order valence-corrected chi connectivity index (χ2v) is 10.1. The van der Waals surface area contributed by atoms with Gasteiger partial charge in [0.2, 0.25) is 0 Å². The first-order chi connectivity index (χ1) is 11.4. The number of halogens is 6. The monoisotopic (exact) mass is 418 g/mol. The van der Waals surface area contributed by atoms with Crippen LogP contribution in [0.2, 0.25) is 0 Å². The standard InChI is InChI=1S/C17H37P.F6P/c1-3-4-5-6-7-8-9-10-11-12-13-14-15-16-17-18-2;1-7(2,3,4,5)6/h18H,3-17H2,1-2H3;/q;-1/p+1. The van der Waals surface area contributed by atoms with Gasteiger partial charge in [-0.2, -0.15) is 0 Å². The topological polar surface area (TPSA) is 0 Å². The molecule has 158 valence electrons. The first kappa shape index (κ1) is 27.7. The third kappa shape index (κ3) is 51.6. The molecule has 0 bridgehead atoms. The molecule has 0 radical (unpaired) electrons. The van der Waals surface area contributed by atoms with Gasteiger partial charge in [0.1, 0.15) is 0 Å². The van der Waals surface area contributed by atoms with Gasteiger partial charge in [0.25, 0.3) is 0 Å². The molecule has 25 heavy (non-hydrogen) atoms. The summed E-state index contributed by atoms with van der Waals surface area (Å²) in [7, 11) is -9.90. The molecular weight excluding hydrogens is 380 g/mol. The average Bonchev–Trinajstić information content (AvgIpc) is 2.44. The number of hydrogen-bond acceptors (Lipinski definition) is 0. The summed E-state index contributed by atoms with van der Waals surface area (Å²) in [6.45, 7) is 4.67. The first-order valence-electron chi connectivity index (χ1n) is 9.71. The fourth-order valence-electron chi connectivity index (χ4n) is 2.54. The van der Waals surface area contributed by atoms with Crippen molar-refractivity contribution in [2.24, 2.45) is 0 Å². The second kappa shape index (κ2) is 13.6. The van der Waals surface area contributed by atoms with Gasteiger partial charge >= 0.3 is 33.0 Å². The van der Waals surface area contributed by atoms with E-state index >= 15 is 0 Å². The third-order valence-corrected chi connectivity index (χ3v) is 4.83. The summed E-state index contributed by atoms with van der Waals surface area (Å²) in [4.78, 5) is 0. The van der Waals surface area contributed by atoms with Crippen molar-refractivity contribution >= 4 is 16.4 Å². The molecule has 0 aromatic carbocycles. The molecule has 0 spiro atoms. The van der Waals surface area contributed by atoms with Crippen LogP contribution in [0.3, 0.4) is 0 Å². The summed E-state index contributed by atoms with van der Waals surface area (Å²) in [5.41, 5.74) is 0. The third-order valence-electron chi connectivity index (χ3n) is 3.85. The van der Waals surface area contributed by atoms with E-state index in [1.54, 1.807) is 0 Å². The molecule has 0 aliphatic heterocycles. The SMILES string of the molecule is CCCCCCCCCCCCCCCC[PH2+]C.F[P-](F)(F)(F)(F)F. The maximum atomic E-state index is 9.87. The van der Waals surface area contributed by atoms with E-state index in [-0.39, 0.29) is 0 Å². The molecule has 0 aromatic rings. The van der Waals surface area contributed by atoms with Crippen molar-refractivity contribution in [1.29, 1.82) is 0 Å². The molecule has 0 saturated heterocycles. The Balaban J connectivity index is 0. The second-order valence-electron chi connectivity index (χ2n) is 6.75. The van der Waals surface area contributed by atoms with Gasteiger partial charge in [0, 0.05) is 6.66 Å². The van der Waals surface area contributed by atoms with E-state index in [9.17, 15) is 25.2 Å². The molecule has 0 aliphatic carbocycles. The van der Waals surface area contributed by atoms with Crippen molar-refractivity contribution in [1.82, 2.24) is 0 Å². The summed E-state index contributed by atoms with van der Waals surface area (Å²) in [5, 5.41) is 0. The molecular formula is C17H38F6P2. The van der Waals surface area contributed by atoms with Crippen LogP contribution in [0.15, 0.2) is 0 Å². The molecule has 0 nitrogen and oxygen atoms in total.